The summed E-state index contributed by atoms with van der Waals surface area (Å²) in [4.78, 5) is 12.8. The molecule has 0 radical (unpaired) electrons. The number of hydrogen-bond acceptors (Lipinski definition) is 4. The first kappa shape index (κ1) is 22.2. The first-order valence-electron chi connectivity index (χ1n) is 9.89. The molecule has 1 aliphatic carbocycles. The second-order valence-electron chi connectivity index (χ2n) is 7.81. The standard InChI is InChI=1S/C21H32N2O3.ClH/c1-16-5-3-8-19(13-16)26-15-17-6-4-7-18(14-17)23-20(24)21(25-2)9-11-22-12-10-21;/h4,6-7,14,16,19,22H,3,5,8-13,15H2,1-2H3,(H,23,24);1H. The molecule has 2 N–H and O–H groups in total. The van der Waals surface area contributed by atoms with Crippen LogP contribution in [0.3, 0.4) is 0 Å². The molecule has 5 nitrogen and oxygen atoms in total. The quantitative estimate of drug-likeness (QED) is 0.765. The fourth-order valence-electron chi connectivity index (χ4n) is 4.08. The van der Waals surface area contributed by atoms with Crippen LogP contribution in [0, 0.1) is 5.92 Å². The van der Waals surface area contributed by atoms with Crippen molar-refractivity contribution in [3.05, 3.63) is 29.8 Å². The summed E-state index contributed by atoms with van der Waals surface area (Å²) >= 11 is 0. The fraction of sp³-hybridized carbons (Fsp3) is 0.667. The minimum absolute atomic E-state index is 0. The lowest BCUT2D eigenvalue weighted by atomic mass is 9.89. The van der Waals surface area contributed by atoms with Crippen molar-refractivity contribution in [1.82, 2.24) is 5.32 Å². The van der Waals surface area contributed by atoms with Crippen LogP contribution >= 0.6 is 12.4 Å². The van der Waals surface area contributed by atoms with Gasteiger partial charge in [-0.15, -0.1) is 12.4 Å². The lowest BCUT2D eigenvalue weighted by Gasteiger charge is -2.34. The van der Waals surface area contributed by atoms with E-state index >= 15 is 0 Å². The van der Waals surface area contributed by atoms with E-state index < -0.39 is 5.60 Å². The van der Waals surface area contributed by atoms with E-state index in [0.717, 1.165) is 43.1 Å². The maximum Gasteiger partial charge on any atom is 0.256 e. The summed E-state index contributed by atoms with van der Waals surface area (Å²) in [6, 6.07) is 7.96. The van der Waals surface area contributed by atoms with Gasteiger partial charge in [-0.25, -0.2) is 0 Å². The Balaban J connectivity index is 0.00000261. The molecule has 2 fully saturated rings. The minimum atomic E-state index is -0.726. The maximum atomic E-state index is 12.8. The number of rotatable bonds is 6. The summed E-state index contributed by atoms with van der Waals surface area (Å²) in [6.45, 7) is 4.50. The summed E-state index contributed by atoms with van der Waals surface area (Å²) in [5.74, 6) is 0.704. The average molecular weight is 397 g/mol. The number of halogens is 1. The van der Waals surface area contributed by atoms with E-state index in [9.17, 15) is 4.79 Å². The van der Waals surface area contributed by atoms with Gasteiger partial charge < -0.3 is 20.1 Å². The topological polar surface area (TPSA) is 59.6 Å². The third-order valence-corrected chi connectivity index (χ3v) is 5.77. The molecule has 1 amide bonds. The Morgan fingerprint density at radius 3 is 2.78 bits per heavy atom. The van der Waals surface area contributed by atoms with Gasteiger partial charge in [-0.1, -0.05) is 31.9 Å². The van der Waals surface area contributed by atoms with E-state index in [1.54, 1.807) is 7.11 Å². The molecule has 1 heterocycles. The molecule has 3 rings (SSSR count). The number of benzene rings is 1. The van der Waals surface area contributed by atoms with Gasteiger partial charge in [0.05, 0.1) is 12.7 Å². The highest BCUT2D eigenvalue weighted by Gasteiger charge is 2.39. The highest BCUT2D eigenvalue weighted by Crippen LogP contribution is 2.27. The Morgan fingerprint density at radius 1 is 1.30 bits per heavy atom. The average Bonchev–Trinajstić information content (AvgIpc) is 2.67. The van der Waals surface area contributed by atoms with E-state index in [0.29, 0.717) is 25.6 Å². The monoisotopic (exact) mass is 396 g/mol. The first-order valence-corrected chi connectivity index (χ1v) is 9.89. The van der Waals surface area contributed by atoms with E-state index in [-0.39, 0.29) is 18.3 Å². The number of methoxy groups -OCH3 is 1. The van der Waals surface area contributed by atoms with Gasteiger partial charge in [-0.3, -0.25) is 4.79 Å². The van der Waals surface area contributed by atoms with Gasteiger partial charge in [0.1, 0.15) is 5.60 Å². The van der Waals surface area contributed by atoms with Gasteiger partial charge in [0.15, 0.2) is 0 Å². The van der Waals surface area contributed by atoms with Crippen LogP contribution in [0.25, 0.3) is 0 Å². The number of nitrogens with one attached hydrogen (secondary N) is 2. The Kier molecular flexibility index (Phi) is 8.55. The van der Waals surface area contributed by atoms with Crippen molar-refractivity contribution in [1.29, 1.82) is 0 Å². The second kappa shape index (κ2) is 10.4. The smallest absolute Gasteiger partial charge is 0.256 e. The van der Waals surface area contributed by atoms with Gasteiger partial charge in [-0.05, 0) is 62.4 Å². The first-order chi connectivity index (χ1) is 12.6. The Morgan fingerprint density at radius 2 is 2.07 bits per heavy atom. The third-order valence-electron chi connectivity index (χ3n) is 5.77. The highest BCUT2D eigenvalue weighted by atomic mass is 35.5. The maximum absolute atomic E-state index is 12.8. The molecule has 1 aromatic carbocycles. The molecular formula is C21H33ClN2O3. The Hall–Kier alpha value is -1.14. The van der Waals surface area contributed by atoms with Crippen LogP contribution in [0.15, 0.2) is 24.3 Å². The molecule has 0 spiro atoms. The second-order valence-corrected chi connectivity index (χ2v) is 7.81. The van der Waals surface area contributed by atoms with E-state index in [1.165, 1.54) is 12.8 Å². The van der Waals surface area contributed by atoms with Crippen molar-refractivity contribution < 1.29 is 14.3 Å². The largest absolute Gasteiger partial charge is 0.374 e. The van der Waals surface area contributed by atoms with Gasteiger partial charge >= 0.3 is 0 Å². The van der Waals surface area contributed by atoms with Crippen LogP contribution in [-0.2, 0) is 20.9 Å². The van der Waals surface area contributed by atoms with E-state index in [1.807, 2.05) is 18.2 Å². The Labute approximate surface area is 169 Å². The fourth-order valence-corrected chi connectivity index (χ4v) is 4.08. The van der Waals surface area contributed by atoms with Crippen LogP contribution in [0.5, 0.6) is 0 Å². The molecule has 1 aromatic rings. The highest BCUT2D eigenvalue weighted by molar-refractivity contribution is 5.97. The molecule has 1 saturated carbocycles. The van der Waals surface area contributed by atoms with Crippen molar-refractivity contribution in [2.24, 2.45) is 5.92 Å². The van der Waals surface area contributed by atoms with Crippen LogP contribution in [-0.4, -0.2) is 37.8 Å². The minimum Gasteiger partial charge on any atom is -0.374 e. The number of hydrogen-bond donors (Lipinski definition) is 2. The summed E-state index contributed by atoms with van der Waals surface area (Å²) < 4.78 is 11.7. The number of anilines is 1. The number of carbonyl (C=O) groups excluding carboxylic acids is 1. The lowest BCUT2D eigenvalue weighted by Crippen LogP contribution is -2.51. The van der Waals surface area contributed by atoms with Crippen LogP contribution in [0.2, 0.25) is 0 Å². The summed E-state index contributed by atoms with van der Waals surface area (Å²) in [5.41, 5.74) is 1.18. The van der Waals surface area contributed by atoms with Gasteiger partial charge in [0.25, 0.3) is 5.91 Å². The normalized spacial score (nSPS) is 24.7. The molecule has 6 heteroatoms. The molecule has 2 atom stereocenters. The number of piperidine rings is 1. The zero-order valence-corrected chi connectivity index (χ0v) is 17.3. The molecule has 1 saturated heterocycles. The van der Waals surface area contributed by atoms with Gasteiger partial charge in [0.2, 0.25) is 0 Å². The molecule has 1 aliphatic heterocycles. The molecule has 2 unspecified atom stereocenters. The molecule has 152 valence electrons. The van der Waals surface area contributed by atoms with Crippen molar-refractivity contribution in [2.75, 3.05) is 25.5 Å². The zero-order chi connectivity index (χ0) is 18.4. The van der Waals surface area contributed by atoms with E-state index in [2.05, 4.69) is 23.6 Å². The summed E-state index contributed by atoms with van der Waals surface area (Å²) in [6.07, 6.45) is 6.64. The predicted octanol–water partition coefficient (Wildman–Crippen LogP) is 3.91. The van der Waals surface area contributed by atoms with Crippen LogP contribution in [0.1, 0.15) is 51.0 Å². The SMILES string of the molecule is COC1(C(=O)Nc2cccc(COC3CCCC(C)C3)c2)CCNCC1.Cl. The molecule has 0 bridgehead atoms. The van der Waals surface area contributed by atoms with Crippen molar-refractivity contribution >= 4 is 24.0 Å². The number of carbonyl (C=O) groups is 1. The lowest BCUT2D eigenvalue weighted by molar-refractivity contribution is -0.140. The van der Waals surface area contributed by atoms with Gasteiger partial charge in [0, 0.05) is 12.8 Å². The summed E-state index contributed by atoms with van der Waals surface area (Å²) in [5, 5.41) is 6.32. The summed E-state index contributed by atoms with van der Waals surface area (Å²) in [7, 11) is 1.63. The van der Waals surface area contributed by atoms with Crippen molar-refractivity contribution in [3.8, 4) is 0 Å². The molecule has 0 aromatic heterocycles. The van der Waals surface area contributed by atoms with Crippen molar-refractivity contribution in [3.63, 3.8) is 0 Å². The number of amides is 1. The van der Waals surface area contributed by atoms with Crippen molar-refractivity contribution in [2.45, 2.75) is 63.8 Å². The molecular weight excluding hydrogens is 364 g/mol. The predicted molar refractivity (Wildman–Crippen MR) is 110 cm³/mol. The molecule has 2 aliphatic rings. The van der Waals surface area contributed by atoms with E-state index in [4.69, 9.17) is 9.47 Å². The van der Waals surface area contributed by atoms with Crippen LogP contribution < -0.4 is 10.6 Å². The zero-order valence-electron chi connectivity index (χ0n) is 16.5. The Bertz CT molecular complexity index is 605. The van der Waals surface area contributed by atoms with Crippen LogP contribution in [0.4, 0.5) is 5.69 Å². The third kappa shape index (κ3) is 5.92. The molecule has 27 heavy (non-hydrogen) atoms. The van der Waals surface area contributed by atoms with Gasteiger partial charge in [-0.2, -0.15) is 0 Å². The number of ether oxygens (including phenoxy) is 2.